The molecule has 0 aliphatic heterocycles. The first-order valence-corrected chi connectivity index (χ1v) is 9.79. The third kappa shape index (κ3) is 4.86. The Morgan fingerprint density at radius 1 is 1.15 bits per heavy atom. The molecule has 1 unspecified atom stereocenters. The molecule has 0 radical (unpaired) electrons. The van der Waals surface area contributed by atoms with E-state index < -0.39 is 0 Å². The third-order valence-electron chi connectivity index (χ3n) is 4.31. The molecule has 2 aromatic carbocycles. The second-order valence-electron chi connectivity index (χ2n) is 6.46. The van der Waals surface area contributed by atoms with Crippen LogP contribution in [0.4, 0.5) is 5.69 Å². The van der Waals surface area contributed by atoms with Crippen molar-refractivity contribution in [1.82, 2.24) is 9.88 Å². The minimum atomic E-state index is -0.381. The molecule has 0 fully saturated rings. The molecule has 1 amide bonds. The van der Waals surface area contributed by atoms with Crippen molar-refractivity contribution >= 4 is 34.4 Å². The first-order chi connectivity index (χ1) is 13.1. The van der Waals surface area contributed by atoms with Crippen LogP contribution < -0.4 is 5.32 Å². The topological polar surface area (TPSA) is 54.5 Å². The fourth-order valence-electron chi connectivity index (χ4n) is 2.98. The molecular weight excluding hydrogens is 358 g/mol. The minimum Gasteiger partial charge on any atom is -0.324 e. The van der Waals surface area contributed by atoms with E-state index in [1.165, 1.54) is 12.0 Å². The summed E-state index contributed by atoms with van der Waals surface area (Å²) in [6.45, 7) is 0.548. The van der Waals surface area contributed by atoms with E-state index in [-0.39, 0.29) is 11.9 Å². The van der Waals surface area contributed by atoms with Gasteiger partial charge in [-0.1, -0.05) is 30.3 Å². The quantitative estimate of drug-likeness (QED) is 0.620. The van der Waals surface area contributed by atoms with E-state index in [0.29, 0.717) is 6.61 Å². The molecule has 1 heterocycles. The van der Waals surface area contributed by atoms with Crippen molar-refractivity contribution in [2.75, 3.05) is 25.7 Å². The number of likely N-dealkylation sites (N-methyl/N-ethyl adjacent to an activating group) is 1. The average molecular weight is 382 g/mol. The number of benzene rings is 2. The number of pyridine rings is 1. The number of carbonyl (C=O) groups excluding carboxylic acids is 1. The summed E-state index contributed by atoms with van der Waals surface area (Å²) in [5.74, 6) is -0.0680. The fourth-order valence-corrected chi connectivity index (χ4v) is 3.23. The maximum Gasteiger partial charge on any atom is 0.246 e. The Kier molecular flexibility index (Phi) is 6.45. The minimum absolute atomic E-state index is 0.0680. The highest BCUT2D eigenvalue weighted by Gasteiger charge is 2.23. The van der Waals surface area contributed by atoms with E-state index in [2.05, 4.69) is 10.3 Å². The molecule has 0 spiro atoms. The van der Waals surface area contributed by atoms with Crippen molar-refractivity contribution in [3.05, 3.63) is 72.1 Å². The highest BCUT2D eigenvalue weighted by Crippen LogP contribution is 2.23. The lowest BCUT2D eigenvalue weighted by Crippen LogP contribution is -2.32. The molecule has 1 atom stereocenters. The summed E-state index contributed by atoms with van der Waals surface area (Å²) in [6.07, 6.45) is 5.45. The van der Waals surface area contributed by atoms with Crippen molar-refractivity contribution in [3.8, 4) is 0 Å². The number of fused-ring (bicyclic) bond motifs is 1. The molecular formula is C21H23N3O2S. The van der Waals surface area contributed by atoms with Crippen LogP contribution in [0.2, 0.25) is 0 Å². The molecule has 0 aliphatic carbocycles. The zero-order valence-electron chi connectivity index (χ0n) is 15.7. The Bertz CT molecular complexity index is 913. The SMILES string of the molecule is CSOCc1ccc(C(C(=O)Nc2ccc3cnccc3c2)N(C)C)cc1. The van der Waals surface area contributed by atoms with Crippen molar-refractivity contribution in [3.63, 3.8) is 0 Å². The van der Waals surface area contributed by atoms with Crippen LogP contribution in [0.5, 0.6) is 0 Å². The van der Waals surface area contributed by atoms with Gasteiger partial charge in [0.05, 0.1) is 6.61 Å². The van der Waals surface area contributed by atoms with Crippen LogP contribution in [0, 0.1) is 0 Å². The normalized spacial score (nSPS) is 12.3. The highest BCUT2D eigenvalue weighted by atomic mass is 32.2. The van der Waals surface area contributed by atoms with Crippen LogP contribution >= 0.6 is 12.0 Å². The molecule has 3 rings (SSSR count). The van der Waals surface area contributed by atoms with E-state index in [4.69, 9.17) is 4.18 Å². The molecule has 5 nitrogen and oxygen atoms in total. The first-order valence-electron chi connectivity index (χ1n) is 8.64. The van der Waals surface area contributed by atoms with Gasteiger partial charge in [-0.05, 0) is 60.9 Å². The summed E-state index contributed by atoms with van der Waals surface area (Å²) >= 11 is 1.34. The molecule has 0 aliphatic rings. The van der Waals surface area contributed by atoms with E-state index in [9.17, 15) is 4.79 Å². The van der Waals surface area contributed by atoms with Crippen LogP contribution in [0.25, 0.3) is 10.8 Å². The van der Waals surface area contributed by atoms with Gasteiger partial charge < -0.3 is 9.50 Å². The average Bonchev–Trinajstić information content (AvgIpc) is 2.67. The third-order valence-corrected chi connectivity index (χ3v) is 4.67. The standard InChI is InChI=1S/C21H23N3O2S/c1-24(2)20(16-6-4-15(5-7-16)14-26-27-3)21(25)23-19-9-8-18-13-22-11-10-17(18)12-19/h4-13,20H,14H2,1-3H3,(H,23,25). The molecule has 27 heavy (non-hydrogen) atoms. The zero-order chi connectivity index (χ0) is 19.2. The number of aromatic nitrogens is 1. The Balaban J connectivity index is 1.78. The van der Waals surface area contributed by atoms with Gasteiger partial charge in [-0.15, -0.1) is 0 Å². The second-order valence-corrected chi connectivity index (χ2v) is 7.03. The highest BCUT2D eigenvalue weighted by molar-refractivity contribution is 7.93. The summed E-state index contributed by atoms with van der Waals surface area (Å²) in [5.41, 5.74) is 2.79. The van der Waals surface area contributed by atoms with Crippen LogP contribution in [0.15, 0.2) is 60.9 Å². The van der Waals surface area contributed by atoms with Gasteiger partial charge in [0.15, 0.2) is 0 Å². The molecule has 3 aromatic rings. The summed E-state index contributed by atoms with van der Waals surface area (Å²) < 4.78 is 5.35. The molecule has 0 saturated carbocycles. The van der Waals surface area contributed by atoms with Crippen LogP contribution in [-0.2, 0) is 15.6 Å². The molecule has 1 N–H and O–H groups in total. The number of hydrogen-bond acceptors (Lipinski definition) is 5. The van der Waals surface area contributed by atoms with Gasteiger partial charge in [0, 0.05) is 29.7 Å². The lowest BCUT2D eigenvalue weighted by Gasteiger charge is -2.24. The smallest absolute Gasteiger partial charge is 0.246 e. The zero-order valence-corrected chi connectivity index (χ0v) is 16.5. The molecule has 0 saturated heterocycles. The van der Waals surface area contributed by atoms with Crippen LogP contribution in [0.3, 0.4) is 0 Å². The van der Waals surface area contributed by atoms with Gasteiger partial charge in [-0.2, -0.15) is 0 Å². The monoisotopic (exact) mass is 381 g/mol. The maximum absolute atomic E-state index is 13.0. The summed E-state index contributed by atoms with van der Waals surface area (Å²) in [6, 6.07) is 15.3. The largest absolute Gasteiger partial charge is 0.324 e. The molecule has 6 heteroatoms. The molecule has 1 aromatic heterocycles. The second kappa shape index (κ2) is 8.99. The van der Waals surface area contributed by atoms with E-state index in [1.807, 2.05) is 80.0 Å². The van der Waals surface area contributed by atoms with E-state index in [0.717, 1.165) is 27.6 Å². The lowest BCUT2D eigenvalue weighted by molar-refractivity contribution is -0.120. The van der Waals surface area contributed by atoms with E-state index in [1.54, 1.807) is 6.20 Å². The Morgan fingerprint density at radius 2 is 1.93 bits per heavy atom. The predicted molar refractivity (Wildman–Crippen MR) is 112 cm³/mol. The number of amides is 1. The Labute approximate surface area is 163 Å². The summed E-state index contributed by atoms with van der Waals surface area (Å²) in [7, 11) is 3.81. The lowest BCUT2D eigenvalue weighted by atomic mass is 10.0. The van der Waals surface area contributed by atoms with Gasteiger partial charge in [0.2, 0.25) is 5.91 Å². The van der Waals surface area contributed by atoms with Crippen molar-refractivity contribution in [1.29, 1.82) is 0 Å². The maximum atomic E-state index is 13.0. The van der Waals surface area contributed by atoms with Crippen molar-refractivity contribution in [2.24, 2.45) is 0 Å². The van der Waals surface area contributed by atoms with Crippen LogP contribution in [-0.4, -0.2) is 36.1 Å². The number of nitrogens with one attached hydrogen (secondary N) is 1. The molecule has 0 bridgehead atoms. The predicted octanol–water partition coefficient (Wildman–Crippen LogP) is 4.27. The van der Waals surface area contributed by atoms with Gasteiger partial charge in [0.25, 0.3) is 0 Å². The van der Waals surface area contributed by atoms with Gasteiger partial charge in [-0.3, -0.25) is 14.7 Å². The summed E-state index contributed by atoms with van der Waals surface area (Å²) in [5, 5.41) is 5.12. The Hall–Kier alpha value is -2.41. The number of rotatable bonds is 7. The van der Waals surface area contributed by atoms with Crippen LogP contribution in [0.1, 0.15) is 17.2 Å². The fraction of sp³-hybridized carbons (Fsp3) is 0.238. The van der Waals surface area contributed by atoms with Gasteiger partial charge >= 0.3 is 0 Å². The van der Waals surface area contributed by atoms with Crippen molar-refractivity contribution in [2.45, 2.75) is 12.6 Å². The van der Waals surface area contributed by atoms with Gasteiger partial charge in [-0.25, -0.2) is 0 Å². The summed E-state index contributed by atoms with van der Waals surface area (Å²) in [4.78, 5) is 19.0. The first kappa shape index (κ1) is 19.4. The Morgan fingerprint density at radius 3 is 2.63 bits per heavy atom. The van der Waals surface area contributed by atoms with Crippen molar-refractivity contribution < 1.29 is 8.98 Å². The van der Waals surface area contributed by atoms with E-state index >= 15 is 0 Å². The number of carbonyl (C=O) groups is 1. The van der Waals surface area contributed by atoms with Gasteiger partial charge in [0.1, 0.15) is 6.04 Å². The number of anilines is 1. The molecule has 140 valence electrons. The number of nitrogens with zero attached hydrogens (tertiary/aromatic N) is 2. The number of hydrogen-bond donors (Lipinski definition) is 1.